The average molecular weight is 236 g/mol. The monoisotopic (exact) mass is 236 g/mol. The molecule has 2 fully saturated rings. The number of fused-ring (bicyclic) bond motifs is 2. The number of hydrogen-bond acceptors (Lipinski definition) is 4. The van der Waals surface area contributed by atoms with E-state index >= 15 is 0 Å². The fourth-order valence-corrected chi connectivity index (χ4v) is 2.56. The molecular weight excluding hydrogens is 220 g/mol. The highest BCUT2D eigenvalue weighted by Gasteiger charge is 2.36. The van der Waals surface area contributed by atoms with E-state index in [9.17, 15) is 4.79 Å². The first-order valence-corrected chi connectivity index (χ1v) is 5.87. The Bertz CT molecular complexity index is 444. The second-order valence-electron chi connectivity index (χ2n) is 4.73. The largest absolute Gasteiger partial charge is 0.383 e. The van der Waals surface area contributed by atoms with Crippen molar-refractivity contribution in [3.8, 4) is 0 Å². The first-order valence-electron chi connectivity index (χ1n) is 5.87. The van der Waals surface area contributed by atoms with Gasteiger partial charge in [-0.25, -0.2) is 0 Å². The number of carbonyl (C=O) groups excluding carboxylic acids is 1. The van der Waals surface area contributed by atoms with Gasteiger partial charge in [-0.15, -0.1) is 0 Å². The highest BCUT2D eigenvalue weighted by atomic mass is 16.5. The maximum absolute atomic E-state index is 12.3. The zero-order valence-electron chi connectivity index (χ0n) is 9.80. The van der Waals surface area contributed by atoms with Crippen LogP contribution in [0.4, 0.5) is 5.82 Å². The van der Waals surface area contributed by atoms with Crippen LogP contribution in [0.3, 0.4) is 0 Å². The zero-order chi connectivity index (χ0) is 12.0. The molecule has 1 amide bonds. The first-order chi connectivity index (χ1) is 8.15. The Kier molecular flexibility index (Phi) is 2.32. The van der Waals surface area contributed by atoms with Gasteiger partial charge in [0.2, 0.25) is 0 Å². The van der Waals surface area contributed by atoms with Gasteiger partial charge in [-0.3, -0.25) is 9.48 Å². The summed E-state index contributed by atoms with van der Waals surface area (Å²) in [6, 6.07) is 0. The number of ether oxygens (including phenoxy) is 1. The van der Waals surface area contributed by atoms with Crippen LogP contribution in [0.1, 0.15) is 23.2 Å². The highest BCUT2D eigenvalue weighted by Crippen LogP contribution is 2.27. The van der Waals surface area contributed by atoms with E-state index in [1.807, 2.05) is 4.90 Å². The normalized spacial score (nSPS) is 27.5. The molecule has 1 aromatic rings. The van der Waals surface area contributed by atoms with Crippen molar-refractivity contribution < 1.29 is 9.53 Å². The van der Waals surface area contributed by atoms with Gasteiger partial charge in [-0.1, -0.05) is 0 Å². The standard InChI is InChI=1S/C11H16N4O2/c1-14-10(12)9(4-13-14)11(16)15-5-7-2-3-8(6-15)17-7/h4,7-8H,2-3,5-6,12H2,1H3. The predicted molar refractivity (Wildman–Crippen MR) is 61.4 cm³/mol. The second-order valence-corrected chi connectivity index (χ2v) is 4.73. The van der Waals surface area contributed by atoms with Gasteiger partial charge in [0, 0.05) is 20.1 Å². The van der Waals surface area contributed by atoms with Crippen molar-refractivity contribution in [2.24, 2.45) is 7.05 Å². The smallest absolute Gasteiger partial charge is 0.259 e. The number of hydrogen-bond donors (Lipinski definition) is 1. The van der Waals surface area contributed by atoms with Crippen LogP contribution in [0.15, 0.2) is 6.20 Å². The summed E-state index contributed by atoms with van der Waals surface area (Å²) in [5, 5.41) is 4.00. The number of nitrogens with zero attached hydrogens (tertiary/aromatic N) is 3. The number of amides is 1. The van der Waals surface area contributed by atoms with Crippen LogP contribution < -0.4 is 5.73 Å². The SMILES string of the molecule is Cn1ncc(C(=O)N2CC3CCC(C2)O3)c1N. The van der Waals surface area contributed by atoms with Gasteiger partial charge in [0.25, 0.3) is 5.91 Å². The van der Waals surface area contributed by atoms with Crippen LogP contribution in [0.25, 0.3) is 0 Å². The van der Waals surface area contributed by atoms with Gasteiger partial charge in [0.05, 0.1) is 18.4 Å². The maximum atomic E-state index is 12.3. The summed E-state index contributed by atoms with van der Waals surface area (Å²) in [7, 11) is 1.73. The summed E-state index contributed by atoms with van der Waals surface area (Å²) < 4.78 is 7.22. The van der Waals surface area contributed by atoms with Crippen molar-refractivity contribution in [1.82, 2.24) is 14.7 Å². The molecule has 2 N–H and O–H groups in total. The molecule has 17 heavy (non-hydrogen) atoms. The molecule has 6 heteroatoms. The molecule has 0 radical (unpaired) electrons. The van der Waals surface area contributed by atoms with Crippen molar-refractivity contribution in [1.29, 1.82) is 0 Å². The molecule has 0 saturated carbocycles. The van der Waals surface area contributed by atoms with E-state index in [0.29, 0.717) is 24.5 Å². The number of nitrogens with two attached hydrogens (primary N) is 1. The summed E-state index contributed by atoms with van der Waals surface area (Å²) in [6.07, 6.45) is 4.05. The molecular formula is C11H16N4O2. The van der Waals surface area contributed by atoms with Crippen molar-refractivity contribution >= 4 is 11.7 Å². The fourth-order valence-electron chi connectivity index (χ4n) is 2.56. The molecule has 3 rings (SSSR count). The Balaban J connectivity index is 1.81. The molecule has 2 aliphatic rings. The number of rotatable bonds is 1. The number of nitrogen functional groups attached to an aromatic ring is 1. The third-order valence-corrected chi connectivity index (χ3v) is 3.55. The number of aromatic nitrogens is 2. The topological polar surface area (TPSA) is 73.4 Å². The van der Waals surface area contributed by atoms with Gasteiger partial charge in [0.1, 0.15) is 11.4 Å². The summed E-state index contributed by atoms with van der Waals surface area (Å²) in [4.78, 5) is 14.1. The number of likely N-dealkylation sites (tertiary alicyclic amines) is 1. The van der Waals surface area contributed by atoms with Gasteiger partial charge >= 0.3 is 0 Å². The lowest BCUT2D eigenvalue weighted by Gasteiger charge is -2.31. The minimum Gasteiger partial charge on any atom is -0.383 e. The molecule has 0 aliphatic carbocycles. The van der Waals surface area contributed by atoms with Crippen molar-refractivity contribution in [2.75, 3.05) is 18.8 Å². The predicted octanol–water partition coefficient (Wildman–Crippen LogP) is 0.00570. The van der Waals surface area contributed by atoms with Crippen LogP contribution >= 0.6 is 0 Å². The van der Waals surface area contributed by atoms with E-state index in [1.165, 1.54) is 10.9 Å². The van der Waals surface area contributed by atoms with Crippen LogP contribution in [0.2, 0.25) is 0 Å². The van der Waals surface area contributed by atoms with E-state index in [-0.39, 0.29) is 18.1 Å². The first kappa shape index (κ1) is 10.6. The van der Waals surface area contributed by atoms with E-state index in [0.717, 1.165) is 12.8 Å². The molecule has 0 spiro atoms. The molecule has 2 bridgehead atoms. The Morgan fingerprint density at radius 3 is 2.65 bits per heavy atom. The van der Waals surface area contributed by atoms with Crippen LogP contribution in [0, 0.1) is 0 Å². The minimum absolute atomic E-state index is 0.0317. The quantitative estimate of drug-likeness (QED) is 0.745. The maximum Gasteiger partial charge on any atom is 0.259 e. The average Bonchev–Trinajstić information content (AvgIpc) is 2.83. The molecule has 6 nitrogen and oxygen atoms in total. The lowest BCUT2D eigenvalue weighted by molar-refractivity contribution is -0.0303. The summed E-state index contributed by atoms with van der Waals surface area (Å²) >= 11 is 0. The number of morpholine rings is 1. The number of carbonyl (C=O) groups is 1. The lowest BCUT2D eigenvalue weighted by atomic mass is 10.2. The molecule has 2 saturated heterocycles. The van der Waals surface area contributed by atoms with E-state index in [2.05, 4.69) is 5.10 Å². The molecule has 2 unspecified atom stereocenters. The molecule has 3 heterocycles. The van der Waals surface area contributed by atoms with Crippen LogP contribution in [-0.2, 0) is 11.8 Å². The van der Waals surface area contributed by atoms with Crippen molar-refractivity contribution in [3.05, 3.63) is 11.8 Å². The molecule has 2 atom stereocenters. The fraction of sp³-hybridized carbons (Fsp3) is 0.636. The zero-order valence-corrected chi connectivity index (χ0v) is 9.80. The molecule has 2 aliphatic heterocycles. The molecule has 1 aromatic heterocycles. The summed E-state index contributed by atoms with van der Waals surface area (Å²) in [5.74, 6) is 0.393. The van der Waals surface area contributed by atoms with Crippen molar-refractivity contribution in [2.45, 2.75) is 25.0 Å². The minimum atomic E-state index is -0.0317. The van der Waals surface area contributed by atoms with Gasteiger partial charge in [-0.05, 0) is 12.8 Å². The van der Waals surface area contributed by atoms with Gasteiger partial charge < -0.3 is 15.4 Å². The number of aryl methyl sites for hydroxylation is 1. The Hall–Kier alpha value is -1.56. The summed E-state index contributed by atoms with van der Waals surface area (Å²) in [5.41, 5.74) is 6.31. The Morgan fingerprint density at radius 1 is 1.47 bits per heavy atom. The Morgan fingerprint density at radius 2 is 2.12 bits per heavy atom. The van der Waals surface area contributed by atoms with Crippen LogP contribution in [0.5, 0.6) is 0 Å². The number of anilines is 1. The molecule has 92 valence electrons. The summed E-state index contributed by atoms with van der Waals surface area (Å²) in [6.45, 7) is 1.34. The second kappa shape index (κ2) is 3.73. The molecule has 0 aromatic carbocycles. The lowest BCUT2D eigenvalue weighted by Crippen LogP contribution is -2.45. The van der Waals surface area contributed by atoms with Crippen LogP contribution in [-0.4, -0.2) is 45.9 Å². The third kappa shape index (κ3) is 1.68. The van der Waals surface area contributed by atoms with Gasteiger partial charge in [-0.2, -0.15) is 5.10 Å². The van der Waals surface area contributed by atoms with Gasteiger partial charge in [0.15, 0.2) is 0 Å². The van der Waals surface area contributed by atoms with E-state index < -0.39 is 0 Å². The highest BCUT2D eigenvalue weighted by molar-refractivity contribution is 5.98. The van der Waals surface area contributed by atoms with Crippen molar-refractivity contribution in [3.63, 3.8) is 0 Å². The van der Waals surface area contributed by atoms with E-state index in [1.54, 1.807) is 7.05 Å². The van der Waals surface area contributed by atoms with E-state index in [4.69, 9.17) is 10.5 Å². The Labute approximate surface area is 99.3 Å². The third-order valence-electron chi connectivity index (χ3n) is 3.55.